The van der Waals surface area contributed by atoms with Crippen molar-refractivity contribution < 1.29 is 24.2 Å². The summed E-state index contributed by atoms with van der Waals surface area (Å²) in [6.07, 6.45) is -0.702. The number of fused-ring (bicyclic) bond motifs is 3. The number of ether oxygens (including phenoxy) is 2. The third-order valence-corrected chi connectivity index (χ3v) is 5.51. The topological polar surface area (TPSA) is 72.8 Å². The highest BCUT2D eigenvalue weighted by atomic mass is 16.6. The Balaban J connectivity index is 1.98. The van der Waals surface area contributed by atoms with Crippen molar-refractivity contribution in [2.24, 2.45) is 23.7 Å². The van der Waals surface area contributed by atoms with Crippen molar-refractivity contribution in [1.82, 2.24) is 0 Å². The molecule has 0 spiro atoms. The number of carbonyl (C=O) groups excluding carboxylic acids is 2. The maximum Gasteiger partial charge on any atom is 0.334 e. The van der Waals surface area contributed by atoms with Crippen LogP contribution in [0.1, 0.15) is 26.7 Å². The predicted molar refractivity (Wildman–Crippen MR) is 87.7 cm³/mol. The summed E-state index contributed by atoms with van der Waals surface area (Å²) in [5.74, 6) is -1.69. The molecule has 0 amide bonds. The quantitative estimate of drug-likeness (QED) is 0.477. The van der Waals surface area contributed by atoms with E-state index in [4.69, 9.17) is 9.47 Å². The molecule has 0 bridgehead atoms. The fourth-order valence-electron chi connectivity index (χ4n) is 4.16. The van der Waals surface area contributed by atoms with Crippen molar-refractivity contribution in [3.8, 4) is 0 Å². The molecule has 5 heteroatoms. The second-order valence-corrected chi connectivity index (χ2v) is 7.37. The van der Waals surface area contributed by atoms with Crippen LogP contribution in [0.25, 0.3) is 0 Å². The number of hydrogen-bond acceptors (Lipinski definition) is 5. The molecule has 2 saturated carbocycles. The first-order chi connectivity index (χ1) is 11.2. The van der Waals surface area contributed by atoms with Crippen LogP contribution in [0, 0.1) is 23.7 Å². The summed E-state index contributed by atoms with van der Waals surface area (Å²) in [6, 6.07) is 0. The summed E-state index contributed by atoms with van der Waals surface area (Å²) in [5, 5.41) is 10.2. The Bertz CT molecular complexity index is 632. The zero-order valence-electron chi connectivity index (χ0n) is 14.2. The van der Waals surface area contributed by atoms with Crippen LogP contribution >= 0.6 is 0 Å². The number of esters is 2. The average molecular weight is 332 g/mol. The zero-order valence-corrected chi connectivity index (χ0v) is 14.2. The highest BCUT2D eigenvalue weighted by Gasteiger charge is 2.56. The van der Waals surface area contributed by atoms with Gasteiger partial charge in [0.1, 0.15) is 12.2 Å². The maximum absolute atomic E-state index is 12.1. The summed E-state index contributed by atoms with van der Waals surface area (Å²) in [6.45, 7) is 15.5. The van der Waals surface area contributed by atoms with E-state index in [1.807, 2.05) is 0 Å². The van der Waals surface area contributed by atoms with Gasteiger partial charge in [-0.2, -0.15) is 0 Å². The molecule has 2 aliphatic carbocycles. The van der Waals surface area contributed by atoms with E-state index in [9.17, 15) is 14.7 Å². The predicted octanol–water partition coefficient (Wildman–Crippen LogP) is 2.17. The van der Waals surface area contributed by atoms with E-state index < -0.39 is 30.2 Å². The summed E-state index contributed by atoms with van der Waals surface area (Å²) in [7, 11) is 0. The van der Waals surface area contributed by atoms with Gasteiger partial charge in [-0.3, -0.25) is 4.79 Å². The van der Waals surface area contributed by atoms with E-state index in [1.54, 1.807) is 13.8 Å². The molecule has 1 saturated heterocycles. The first-order valence-corrected chi connectivity index (χ1v) is 8.37. The Morgan fingerprint density at radius 2 is 1.96 bits per heavy atom. The summed E-state index contributed by atoms with van der Waals surface area (Å²) in [4.78, 5) is 24.2. The lowest BCUT2D eigenvalue weighted by molar-refractivity contribution is -0.156. The maximum atomic E-state index is 12.1. The second-order valence-electron chi connectivity index (χ2n) is 7.37. The van der Waals surface area contributed by atoms with Gasteiger partial charge in [0, 0.05) is 17.9 Å². The molecule has 3 rings (SSSR count). The lowest BCUT2D eigenvalue weighted by Crippen LogP contribution is -2.36. The van der Waals surface area contributed by atoms with E-state index in [0.717, 1.165) is 5.57 Å². The van der Waals surface area contributed by atoms with Crippen LogP contribution in [-0.2, 0) is 19.1 Å². The Hall–Kier alpha value is -1.88. The van der Waals surface area contributed by atoms with Gasteiger partial charge in [-0.1, -0.05) is 39.2 Å². The van der Waals surface area contributed by atoms with Crippen LogP contribution in [0.4, 0.5) is 0 Å². The van der Waals surface area contributed by atoms with E-state index in [-0.39, 0.29) is 23.7 Å². The minimum atomic E-state index is -0.625. The molecule has 3 aliphatic rings. The smallest absolute Gasteiger partial charge is 0.334 e. The molecule has 24 heavy (non-hydrogen) atoms. The van der Waals surface area contributed by atoms with Crippen molar-refractivity contribution in [1.29, 1.82) is 0 Å². The Labute approximate surface area is 142 Å². The van der Waals surface area contributed by atoms with Crippen molar-refractivity contribution in [2.75, 3.05) is 0 Å². The molecule has 6 atom stereocenters. The SMILES string of the molecule is C=C1CC(OC(=O)C(C)C)C2C(=C)C(=O)O[C@@H]2C2C(=C)[C@@H](O)CC12. The molecule has 0 radical (unpaired) electrons. The van der Waals surface area contributed by atoms with Gasteiger partial charge < -0.3 is 14.6 Å². The van der Waals surface area contributed by atoms with Gasteiger partial charge in [0.05, 0.1) is 17.9 Å². The lowest BCUT2D eigenvalue weighted by Gasteiger charge is -2.28. The molecule has 130 valence electrons. The second kappa shape index (κ2) is 5.88. The van der Waals surface area contributed by atoms with Crippen LogP contribution in [0.5, 0.6) is 0 Å². The van der Waals surface area contributed by atoms with Crippen LogP contribution in [0.15, 0.2) is 36.5 Å². The molecular formula is C19H24O5. The first-order valence-electron chi connectivity index (χ1n) is 8.37. The lowest BCUT2D eigenvalue weighted by atomic mass is 9.81. The fourth-order valence-corrected chi connectivity index (χ4v) is 4.16. The van der Waals surface area contributed by atoms with Crippen LogP contribution in [0.2, 0.25) is 0 Å². The summed E-state index contributed by atoms with van der Waals surface area (Å²) >= 11 is 0. The first kappa shape index (κ1) is 17.0. The van der Waals surface area contributed by atoms with Crippen molar-refractivity contribution in [3.63, 3.8) is 0 Å². The van der Waals surface area contributed by atoms with Crippen LogP contribution in [0.3, 0.4) is 0 Å². The summed E-state index contributed by atoms with van der Waals surface area (Å²) in [5.41, 5.74) is 1.89. The van der Waals surface area contributed by atoms with Crippen molar-refractivity contribution in [3.05, 3.63) is 36.5 Å². The number of rotatable bonds is 2. The van der Waals surface area contributed by atoms with Crippen molar-refractivity contribution >= 4 is 11.9 Å². The van der Waals surface area contributed by atoms with E-state index >= 15 is 0 Å². The van der Waals surface area contributed by atoms with Gasteiger partial charge in [0.2, 0.25) is 0 Å². The third-order valence-electron chi connectivity index (χ3n) is 5.51. The Morgan fingerprint density at radius 1 is 1.29 bits per heavy atom. The minimum Gasteiger partial charge on any atom is -0.461 e. The Morgan fingerprint density at radius 3 is 2.58 bits per heavy atom. The van der Waals surface area contributed by atoms with Gasteiger partial charge in [-0.25, -0.2) is 4.79 Å². The fraction of sp³-hybridized carbons (Fsp3) is 0.579. The standard InChI is InChI=1S/C19H24O5/c1-8(2)18(21)23-14-6-9(3)12-7-13(20)10(4)15(12)17-16(14)11(5)19(22)24-17/h8,12-17,20H,3-7H2,1-2H3/t12?,13-,14?,15?,16?,17+/m0/s1. The van der Waals surface area contributed by atoms with Gasteiger partial charge in [0.15, 0.2) is 0 Å². The molecule has 1 heterocycles. The molecule has 0 aromatic rings. The molecule has 1 aliphatic heterocycles. The van der Waals surface area contributed by atoms with E-state index in [0.29, 0.717) is 24.0 Å². The molecule has 4 unspecified atom stereocenters. The van der Waals surface area contributed by atoms with E-state index in [2.05, 4.69) is 19.7 Å². The monoisotopic (exact) mass is 332 g/mol. The molecule has 0 aromatic heterocycles. The number of hydrogen-bond donors (Lipinski definition) is 1. The van der Waals surface area contributed by atoms with Crippen LogP contribution < -0.4 is 0 Å². The number of aliphatic hydroxyl groups is 1. The third kappa shape index (κ3) is 2.51. The van der Waals surface area contributed by atoms with Gasteiger partial charge in [-0.05, 0) is 17.9 Å². The molecule has 0 aromatic carbocycles. The molecular weight excluding hydrogens is 308 g/mol. The minimum absolute atomic E-state index is 0.0264. The van der Waals surface area contributed by atoms with Crippen LogP contribution in [-0.4, -0.2) is 35.4 Å². The largest absolute Gasteiger partial charge is 0.461 e. The zero-order chi connectivity index (χ0) is 17.8. The van der Waals surface area contributed by atoms with Gasteiger partial charge in [-0.15, -0.1) is 0 Å². The Kier molecular flexibility index (Phi) is 4.16. The van der Waals surface area contributed by atoms with Crippen molar-refractivity contribution in [2.45, 2.75) is 45.0 Å². The van der Waals surface area contributed by atoms with Gasteiger partial charge in [0.25, 0.3) is 0 Å². The average Bonchev–Trinajstić information content (AvgIpc) is 2.92. The summed E-state index contributed by atoms with van der Waals surface area (Å²) < 4.78 is 11.2. The molecule has 1 N–H and O–H groups in total. The highest BCUT2D eigenvalue weighted by Crippen LogP contribution is 2.52. The molecule has 3 fully saturated rings. The van der Waals surface area contributed by atoms with E-state index in [1.165, 1.54) is 0 Å². The highest BCUT2D eigenvalue weighted by molar-refractivity contribution is 5.91. The van der Waals surface area contributed by atoms with Gasteiger partial charge >= 0.3 is 11.9 Å². The number of aliphatic hydroxyl groups excluding tert-OH is 1. The number of carbonyl (C=O) groups is 2. The molecule has 5 nitrogen and oxygen atoms in total. The normalized spacial score (nSPS) is 38.7.